The number of ether oxygens (including phenoxy) is 2. The monoisotopic (exact) mass is 366 g/mol. The molecule has 8 heteroatoms. The van der Waals surface area contributed by atoms with Gasteiger partial charge in [-0.15, -0.1) is 22.7 Å². The van der Waals surface area contributed by atoms with Crippen molar-refractivity contribution >= 4 is 34.6 Å². The molecule has 0 spiro atoms. The van der Waals surface area contributed by atoms with Crippen molar-refractivity contribution in [2.75, 3.05) is 19.8 Å². The highest BCUT2D eigenvalue weighted by Crippen LogP contribution is 2.31. The van der Waals surface area contributed by atoms with Gasteiger partial charge < -0.3 is 14.8 Å². The average molecular weight is 366 g/mol. The number of amides is 1. The third kappa shape index (κ3) is 4.19. The SMILES string of the molecule is Cc1nc(-c2cccs2)sc1C(=O)OCC(=O)NCC1CCCO1. The van der Waals surface area contributed by atoms with E-state index < -0.39 is 5.97 Å². The largest absolute Gasteiger partial charge is 0.451 e. The average Bonchev–Trinajstić information content (AvgIpc) is 3.30. The number of carbonyl (C=O) groups excluding carboxylic acids is 2. The molecule has 1 amide bonds. The zero-order chi connectivity index (χ0) is 16.9. The Morgan fingerprint density at radius 3 is 3.08 bits per heavy atom. The van der Waals surface area contributed by atoms with E-state index in [0.717, 1.165) is 29.3 Å². The molecular weight excluding hydrogens is 348 g/mol. The molecule has 0 saturated carbocycles. The van der Waals surface area contributed by atoms with Crippen molar-refractivity contribution in [2.45, 2.75) is 25.9 Å². The zero-order valence-corrected chi connectivity index (χ0v) is 14.9. The molecule has 24 heavy (non-hydrogen) atoms. The van der Waals surface area contributed by atoms with Crippen LogP contribution in [0.1, 0.15) is 28.2 Å². The lowest BCUT2D eigenvalue weighted by Crippen LogP contribution is -2.34. The second-order valence-corrected chi connectivity index (χ2v) is 7.37. The molecule has 1 aliphatic heterocycles. The van der Waals surface area contributed by atoms with Gasteiger partial charge in [0.2, 0.25) is 0 Å². The minimum absolute atomic E-state index is 0.0711. The summed E-state index contributed by atoms with van der Waals surface area (Å²) in [4.78, 5) is 29.8. The van der Waals surface area contributed by atoms with Crippen LogP contribution in [-0.4, -0.2) is 42.7 Å². The molecular formula is C16H18N2O4S2. The number of hydrogen-bond donors (Lipinski definition) is 1. The Bertz CT molecular complexity index is 706. The number of thiazole rings is 1. The number of thiophene rings is 1. The van der Waals surface area contributed by atoms with Gasteiger partial charge in [0, 0.05) is 13.2 Å². The van der Waals surface area contributed by atoms with Gasteiger partial charge in [0.25, 0.3) is 5.91 Å². The molecule has 6 nitrogen and oxygen atoms in total. The fraction of sp³-hybridized carbons (Fsp3) is 0.438. The Morgan fingerprint density at radius 2 is 2.38 bits per heavy atom. The third-order valence-electron chi connectivity index (χ3n) is 3.60. The van der Waals surface area contributed by atoms with E-state index in [4.69, 9.17) is 9.47 Å². The van der Waals surface area contributed by atoms with E-state index in [0.29, 0.717) is 17.1 Å². The van der Waals surface area contributed by atoms with E-state index >= 15 is 0 Å². The predicted molar refractivity (Wildman–Crippen MR) is 92.4 cm³/mol. The Kier molecular flexibility index (Phi) is 5.60. The number of rotatable bonds is 6. The summed E-state index contributed by atoms with van der Waals surface area (Å²) in [7, 11) is 0. The second kappa shape index (κ2) is 7.87. The van der Waals surface area contributed by atoms with Crippen LogP contribution in [-0.2, 0) is 14.3 Å². The van der Waals surface area contributed by atoms with Crippen LogP contribution in [0.5, 0.6) is 0 Å². The molecule has 1 unspecified atom stereocenters. The molecule has 1 fully saturated rings. The maximum Gasteiger partial charge on any atom is 0.350 e. The molecule has 0 bridgehead atoms. The molecule has 0 aromatic carbocycles. The van der Waals surface area contributed by atoms with Gasteiger partial charge in [-0.25, -0.2) is 9.78 Å². The molecule has 1 atom stereocenters. The number of esters is 1. The van der Waals surface area contributed by atoms with Crippen LogP contribution in [0.15, 0.2) is 17.5 Å². The van der Waals surface area contributed by atoms with Crippen LogP contribution < -0.4 is 5.32 Å². The molecule has 1 aliphatic rings. The summed E-state index contributed by atoms with van der Waals surface area (Å²) in [5.74, 6) is -0.834. The normalized spacial score (nSPS) is 17.0. The van der Waals surface area contributed by atoms with Crippen LogP contribution in [0.3, 0.4) is 0 Å². The van der Waals surface area contributed by atoms with Gasteiger partial charge in [0.1, 0.15) is 9.88 Å². The van der Waals surface area contributed by atoms with Crippen molar-refractivity contribution < 1.29 is 19.1 Å². The van der Waals surface area contributed by atoms with Gasteiger partial charge in [0.15, 0.2) is 6.61 Å². The molecule has 3 heterocycles. The number of carbonyl (C=O) groups is 2. The van der Waals surface area contributed by atoms with Gasteiger partial charge in [-0.05, 0) is 31.2 Å². The molecule has 2 aromatic rings. The maximum absolute atomic E-state index is 12.2. The maximum atomic E-state index is 12.2. The molecule has 3 rings (SSSR count). The van der Waals surface area contributed by atoms with Gasteiger partial charge in [-0.3, -0.25) is 4.79 Å². The van der Waals surface area contributed by atoms with E-state index in [1.807, 2.05) is 17.5 Å². The molecule has 0 radical (unpaired) electrons. The minimum Gasteiger partial charge on any atom is -0.451 e. The minimum atomic E-state index is -0.514. The first-order valence-corrected chi connectivity index (χ1v) is 9.40. The molecule has 128 valence electrons. The van der Waals surface area contributed by atoms with Gasteiger partial charge in [-0.2, -0.15) is 0 Å². The van der Waals surface area contributed by atoms with Gasteiger partial charge in [-0.1, -0.05) is 6.07 Å². The van der Waals surface area contributed by atoms with E-state index in [1.165, 1.54) is 11.3 Å². The van der Waals surface area contributed by atoms with Crippen molar-refractivity contribution in [3.63, 3.8) is 0 Å². The summed E-state index contributed by atoms with van der Waals surface area (Å²) < 4.78 is 10.5. The zero-order valence-electron chi connectivity index (χ0n) is 13.2. The van der Waals surface area contributed by atoms with Crippen molar-refractivity contribution in [2.24, 2.45) is 0 Å². The van der Waals surface area contributed by atoms with Gasteiger partial charge >= 0.3 is 5.97 Å². The summed E-state index contributed by atoms with van der Waals surface area (Å²) in [6, 6.07) is 3.89. The van der Waals surface area contributed by atoms with Crippen molar-refractivity contribution in [3.8, 4) is 9.88 Å². The summed E-state index contributed by atoms with van der Waals surface area (Å²) in [6.45, 7) is 2.67. The number of hydrogen-bond acceptors (Lipinski definition) is 7. The Morgan fingerprint density at radius 1 is 1.50 bits per heavy atom. The van der Waals surface area contributed by atoms with Crippen LogP contribution in [0, 0.1) is 6.92 Å². The lowest BCUT2D eigenvalue weighted by Gasteiger charge is -2.10. The summed E-state index contributed by atoms with van der Waals surface area (Å²) in [6.07, 6.45) is 2.04. The molecule has 0 aliphatic carbocycles. The number of aryl methyl sites for hydroxylation is 1. The van der Waals surface area contributed by atoms with Crippen molar-refractivity contribution in [1.82, 2.24) is 10.3 Å². The Hall–Kier alpha value is -1.77. The summed E-state index contributed by atoms with van der Waals surface area (Å²) in [5.41, 5.74) is 0.619. The van der Waals surface area contributed by atoms with Crippen LogP contribution in [0.25, 0.3) is 9.88 Å². The molecule has 1 saturated heterocycles. The Labute approximate surface area is 147 Å². The van der Waals surface area contributed by atoms with Crippen LogP contribution >= 0.6 is 22.7 Å². The third-order valence-corrected chi connectivity index (χ3v) is 5.78. The smallest absolute Gasteiger partial charge is 0.350 e. The summed E-state index contributed by atoms with van der Waals surface area (Å²) in [5, 5.41) is 5.47. The van der Waals surface area contributed by atoms with Crippen molar-refractivity contribution in [1.29, 1.82) is 0 Å². The molecule has 1 N–H and O–H groups in total. The van der Waals surface area contributed by atoms with Crippen molar-refractivity contribution in [3.05, 3.63) is 28.1 Å². The lowest BCUT2D eigenvalue weighted by molar-refractivity contribution is -0.124. The first-order valence-electron chi connectivity index (χ1n) is 7.70. The highest BCUT2D eigenvalue weighted by atomic mass is 32.1. The van der Waals surface area contributed by atoms with E-state index in [2.05, 4.69) is 10.3 Å². The first kappa shape index (κ1) is 17.1. The highest BCUT2D eigenvalue weighted by molar-refractivity contribution is 7.22. The van der Waals surface area contributed by atoms with Gasteiger partial charge in [0.05, 0.1) is 16.7 Å². The van der Waals surface area contributed by atoms with E-state index in [-0.39, 0.29) is 18.6 Å². The Balaban J connectivity index is 1.50. The van der Waals surface area contributed by atoms with E-state index in [1.54, 1.807) is 18.3 Å². The number of aromatic nitrogens is 1. The highest BCUT2D eigenvalue weighted by Gasteiger charge is 2.20. The number of nitrogens with zero attached hydrogens (tertiary/aromatic N) is 1. The fourth-order valence-corrected chi connectivity index (χ4v) is 4.13. The molecule has 2 aromatic heterocycles. The predicted octanol–water partition coefficient (Wildman–Crippen LogP) is 2.63. The lowest BCUT2D eigenvalue weighted by atomic mass is 10.2. The van der Waals surface area contributed by atoms with Crippen LogP contribution in [0.4, 0.5) is 0 Å². The fourth-order valence-electron chi connectivity index (χ4n) is 2.37. The quantitative estimate of drug-likeness (QED) is 0.795. The van der Waals surface area contributed by atoms with E-state index in [9.17, 15) is 9.59 Å². The number of nitrogens with one attached hydrogen (secondary N) is 1. The topological polar surface area (TPSA) is 77.5 Å². The first-order chi connectivity index (χ1) is 11.6. The standard InChI is InChI=1S/C16H18N2O4S2/c1-10-14(24-15(18-10)12-5-3-7-23-12)16(20)22-9-13(19)17-8-11-4-2-6-21-11/h3,5,7,11H,2,4,6,8-9H2,1H3,(H,17,19). The van der Waals surface area contributed by atoms with Crippen LogP contribution in [0.2, 0.25) is 0 Å². The summed E-state index contributed by atoms with van der Waals surface area (Å²) >= 11 is 2.85. The second-order valence-electron chi connectivity index (χ2n) is 5.43.